The van der Waals surface area contributed by atoms with Crippen LogP contribution in [0.4, 0.5) is 10.8 Å². The van der Waals surface area contributed by atoms with Gasteiger partial charge < -0.3 is 5.32 Å². The van der Waals surface area contributed by atoms with Gasteiger partial charge in [0.05, 0.1) is 35.4 Å². The summed E-state index contributed by atoms with van der Waals surface area (Å²) < 4.78 is 24.4. The van der Waals surface area contributed by atoms with E-state index >= 15 is 0 Å². The molecule has 10 heteroatoms. The van der Waals surface area contributed by atoms with Crippen molar-refractivity contribution in [2.45, 2.75) is 20.3 Å². The van der Waals surface area contributed by atoms with Crippen molar-refractivity contribution in [3.05, 3.63) is 22.5 Å². The molecule has 0 saturated carbocycles. The van der Waals surface area contributed by atoms with Crippen LogP contribution in [-0.4, -0.2) is 35.8 Å². The fourth-order valence-corrected chi connectivity index (χ4v) is 3.24. The Kier molecular flexibility index (Phi) is 4.28. The third-order valence-electron chi connectivity index (χ3n) is 2.56. The van der Waals surface area contributed by atoms with E-state index in [1.807, 2.05) is 6.92 Å². The first-order valence-corrected chi connectivity index (χ1v) is 8.75. The van der Waals surface area contributed by atoms with E-state index in [9.17, 15) is 13.2 Å². The first kappa shape index (κ1) is 15.4. The van der Waals surface area contributed by atoms with E-state index in [0.29, 0.717) is 17.1 Å². The van der Waals surface area contributed by atoms with E-state index in [4.69, 9.17) is 0 Å². The monoisotopic (exact) mass is 329 g/mol. The number of aryl methyl sites for hydroxylation is 2. The smallest absolute Gasteiger partial charge is 0.231 e. The van der Waals surface area contributed by atoms with Gasteiger partial charge in [-0.05, 0) is 13.8 Å². The van der Waals surface area contributed by atoms with Crippen LogP contribution >= 0.6 is 11.3 Å². The number of nitrogens with one attached hydrogen (secondary N) is 3. The van der Waals surface area contributed by atoms with Gasteiger partial charge in [-0.25, -0.2) is 13.4 Å². The van der Waals surface area contributed by atoms with Crippen molar-refractivity contribution in [1.29, 1.82) is 0 Å². The molecule has 0 radical (unpaired) electrons. The molecule has 0 bridgehead atoms. The summed E-state index contributed by atoms with van der Waals surface area (Å²) >= 11 is 1.13. The Labute approximate surface area is 126 Å². The van der Waals surface area contributed by atoms with Crippen molar-refractivity contribution < 1.29 is 13.2 Å². The molecule has 2 rings (SSSR count). The average molecular weight is 329 g/mol. The Hall–Kier alpha value is -1.94. The highest BCUT2D eigenvalue weighted by atomic mass is 32.2. The number of rotatable bonds is 5. The maximum Gasteiger partial charge on any atom is 0.231 e. The number of hydrogen-bond acceptors (Lipinski definition) is 6. The normalized spacial score (nSPS) is 11.4. The minimum Gasteiger partial charge on any atom is -0.323 e. The van der Waals surface area contributed by atoms with Crippen molar-refractivity contribution in [2.24, 2.45) is 0 Å². The molecule has 0 spiro atoms. The lowest BCUT2D eigenvalue weighted by Gasteiger charge is -2.03. The minimum atomic E-state index is -3.36. The van der Waals surface area contributed by atoms with Gasteiger partial charge in [-0.15, -0.1) is 11.3 Å². The lowest BCUT2D eigenvalue weighted by atomic mass is 10.2. The molecule has 0 aliphatic heterocycles. The second kappa shape index (κ2) is 5.82. The van der Waals surface area contributed by atoms with Crippen molar-refractivity contribution >= 4 is 38.1 Å². The van der Waals surface area contributed by atoms with Gasteiger partial charge in [-0.2, -0.15) is 5.10 Å². The number of nitrogens with zero attached hydrogens (tertiary/aromatic N) is 2. The van der Waals surface area contributed by atoms with Gasteiger partial charge in [0.2, 0.25) is 15.9 Å². The van der Waals surface area contributed by atoms with E-state index in [0.717, 1.165) is 23.3 Å². The van der Waals surface area contributed by atoms with E-state index in [1.54, 1.807) is 12.3 Å². The summed E-state index contributed by atoms with van der Waals surface area (Å²) in [6.45, 7) is 3.60. The van der Waals surface area contributed by atoms with Crippen LogP contribution in [0.25, 0.3) is 0 Å². The van der Waals surface area contributed by atoms with Crippen LogP contribution < -0.4 is 10.0 Å². The quantitative estimate of drug-likeness (QED) is 0.757. The fraction of sp³-hybridized carbons (Fsp3) is 0.364. The van der Waals surface area contributed by atoms with Gasteiger partial charge in [0, 0.05) is 5.38 Å². The molecule has 114 valence electrons. The zero-order chi connectivity index (χ0) is 15.6. The molecule has 3 N–H and O–H groups in total. The average Bonchev–Trinajstić information content (AvgIpc) is 2.88. The topological polar surface area (TPSA) is 117 Å². The first-order chi connectivity index (χ1) is 9.74. The number of sulfonamides is 1. The number of carbonyl (C=O) groups excluding carboxylic acids is 1. The van der Waals surface area contributed by atoms with Crippen molar-refractivity contribution in [3.63, 3.8) is 0 Å². The summed E-state index contributed by atoms with van der Waals surface area (Å²) in [5, 5.41) is 11.4. The number of aromatic amines is 1. The lowest BCUT2D eigenvalue weighted by Crippen LogP contribution is -2.15. The van der Waals surface area contributed by atoms with Crippen molar-refractivity contribution in [2.75, 3.05) is 16.3 Å². The SMILES string of the molecule is Cc1n[nH]c(C)c1NC(=O)Cc1csc(NS(C)(=O)=O)n1. The van der Waals surface area contributed by atoms with Crippen LogP contribution in [0.15, 0.2) is 5.38 Å². The molecule has 2 aromatic heterocycles. The van der Waals surface area contributed by atoms with Crippen LogP contribution in [0.2, 0.25) is 0 Å². The molecule has 2 aromatic rings. The molecule has 0 fully saturated rings. The van der Waals surface area contributed by atoms with Crippen LogP contribution in [0.3, 0.4) is 0 Å². The van der Waals surface area contributed by atoms with E-state index in [-0.39, 0.29) is 17.5 Å². The van der Waals surface area contributed by atoms with Gasteiger partial charge in [-0.1, -0.05) is 0 Å². The molecule has 0 saturated heterocycles. The summed E-state index contributed by atoms with van der Waals surface area (Å²) in [6, 6.07) is 0. The Balaban J connectivity index is 2.00. The maximum atomic E-state index is 12.0. The first-order valence-electron chi connectivity index (χ1n) is 5.98. The van der Waals surface area contributed by atoms with Crippen LogP contribution in [0, 0.1) is 13.8 Å². The molecule has 21 heavy (non-hydrogen) atoms. The number of aromatic nitrogens is 3. The van der Waals surface area contributed by atoms with Gasteiger partial charge in [0.15, 0.2) is 5.13 Å². The summed E-state index contributed by atoms with van der Waals surface area (Å²) in [4.78, 5) is 16.0. The Morgan fingerprint density at radius 3 is 2.71 bits per heavy atom. The third-order valence-corrected chi connectivity index (χ3v) is 4.06. The summed E-state index contributed by atoms with van der Waals surface area (Å²) in [5.41, 5.74) is 2.64. The van der Waals surface area contributed by atoms with Gasteiger partial charge in [-0.3, -0.25) is 14.6 Å². The van der Waals surface area contributed by atoms with Crippen molar-refractivity contribution in [3.8, 4) is 0 Å². The van der Waals surface area contributed by atoms with Crippen LogP contribution in [0.1, 0.15) is 17.1 Å². The lowest BCUT2D eigenvalue weighted by molar-refractivity contribution is -0.115. The number of anilines is 2. The van der Waals surface area contributed by atoms with Gasteiger partial charge in [0.1, 0.15) is 0 Å². The molecular weight excluding hydrogens is 314 g/mol. The number of carbonyl (C=O) groups is 1. The second-order valence-electron chi connectivity index (χ2n) is 4.55. The van der Waals surface area contributed by atoms with Crippen molar-refractivity contribution in [1.82, 2.24) is 15.2 Å². The molecule has 0 aliphatic carbocycles. The fourth-order valence-electron chi connectivity index (χ4n) is 1.68. The molecule has 0 atom stereocenters. The number of hydrogen-bond donors (Lipinski definition) is 3. The largest absolute Gasteiger partial charge is 0.323 e. The highest BCUT2D eigenvalue weighted by Crippen LogP contribution is 2.19. The Morgan fingerprint density at radius 2 is 2.14 bits per heavy atom. The third kappa shape index (κ3) is 4.26. The Morgan fingerprint density at radius 1 is 1.43 bits per heavy atom. The predicted molar refractivity (Wildman–Crippen MR) is 81.0 cm³/mol. The highest BCUT2D eigenvalue weighted by Gasteiger charge is 2.13. The molecule has 1 amide bonds. The zero-order valence-corrected chi connectivity index (χ0v) is 13.4. The number of thiazole rings is 1. The summed E-state index contributed by atoms with van der Waals surface area (Å²) in [6.07, 6.45) is 1.11. The van der Waals surface area contributed by atoms with Gasteiger partial charge >= 0.3 is 0 Å². The maximum absolute atomic E-state index is 12.0. The highest BCUT2D eigenvalue weighted by molar-refractivity contribution is 7.92. The zero-order valence-electron chi connectivity index (χ0n) is 11.7. The van der Waals surface area contributed by atoms with E-state index in [1.165, 1.54) is 0 Å². The van der Waals surface area contributed by atoms with E-state index in [2.05, 4.69) is 25.2 Å². The molecule has 0 aromatic carbocycles. The second-order valence-corrected chi connectivity index (χ2v) is 7.16. The molecular formula is C11H15N5O3S2. The number of amides is 1. The van der Waals surface area contributed by atoms with Gasteiger partial charge in [0.25, 0.3) is 0 Å². The Bertz CT molecular complexity index is 743. The molecule has 0 unspecified atom stereocenters. The van der Waals surface area contributed by atoms with Crippen LogP contribution in [0.5, 0.6) is 0 Å². The molecule has 0 aliphatic rings. The van der Waals surface area contributed by atoms with E-state index < -0.39 is 10.0 Å². The predicted octanol–water partition coefficient (Wildman–Crippen LogP) is 1.04. The number of H-pyrrole nitrogens is 1. The summed E-state index contributed by atoms with van der Waals surface area (Å²) in [5.74, 6) is -0.237. The standard InChI is InChI=1S/C11H15N5O3S2/c1-6-10(7(2)15-14-6)13-9(17)4-8-5-20-11(12-8)16-21(3,18)19/h5H,4H2,1-3H3,(H,12,16)(H,13,17)(H,14,15). The molecule has 2 heterocycles. The minimum absolute atomic E-state index is 0.0615. The summed E-state index contributed by atoms with van der Waals surface area (Å²) in [7, 11) is -3.36. The van der Waals surface area contributed by atoms with Crippen LogP contribution in [-0.2, 0) is 21.2 Å². The molecule has 8 nitrogen and oxygen atoms in total.